The van der Waals surface area contributed by atoms with E-state index in [9.17, 15) is 30.3 Å². The van der Waals surface area contributed by atoms with E-state index in [4.69, 9.17) is 0 Å². The van der Waals surface area contributed by atoms with Gasteiger partial charge in [0, 0.05) is 5.69 Å². The topological polar surface area (TPSA) is 141 Å². The summed E-state index contributed by atoms with van der Waals surface area (Å²) in [7, 11) is 0. The summed E-state index contributed by atoms with van der Waals surface area (Å²) in [6.07, 6.45) is 2.95. The lowest BCUT2D eigenvalue weighted by Gasteiger charge is -2.09. The summed E-state index contributed by atoms with van der Waals surface area (Å²) in [6.45, 7) is 2.07. The van der Waals surface area contributed by atoms with Gasteiger partial charge >= 0.3 is 11.4 Å². The van der Waals surface area contributed by atoms with E-state index in [2.05, 4.69) is 12.2 Å². The number of benzene rings is 2. The lowest BCUT2D eigenvalue weighted by molar-refractivity contribution is -0.401. The van der Waals surface area contributed by atoms with Crippen molar-refractivity contribution >= 4 is 28.4 Å². The molecule has 0 fully saturated rings. The standard InChI is InChI=1S/C16H16N4O6/c1-2-3-4-11-5-7-12(8-6-11)17-16-14(19(23)24)9-13(18(21)22)10-15(16)20(25)26/h5-10,17H,2-4H2,1H3. The molecule has 0 spiro atoms. The monoisotopic (exact) mass is 360 g/mol. The number of non-ortho nitro benzene ring substituents is 1. The lowest BCUT2D eigenvalue weighted by Crippen LogP contribution is -2.03. The lowest BCUT2D eigenvalue weighted by atomic mass is 10.1. The molecular weight excluding hydrogens is 344 g/mol. The Hall–Kier alpha value is -3.56. The molecule has 0 saturated heterocycles. The average Bonchev–Trinajstić information content (AvgIpc) is 2.60. The van der Waals surface area contributed by atoms with Crippen molar-refractivity contribution in [3.8, 4) is 0 Å². The molecule has 26 heavy (non-hydrogen) atoms. The fraction of sp³-hybridized carbons (Fsp3) is 0.250. The minimum Gasteiger partial charge on any atom is -0.344 e. The molecule has 10 heteroatoms. The van der Waals surface area contributed by atoms with E-state index in [1.165, 1.54) is 0 Å². The van der Waals surface area contributed by atoms with Crippen LogP contribution in [-0.2, 0) is 6.42 Å². The second kappa shape index (κ2) is 8.01. The van der Waals surface area contributed by atoms with Gasteiger partial charge in [0.05, 0.1) is 26.9 Å². The van der Waals surface area contributed by atoms with Gasteiger partial charge < -0.3 is 5.32 Å². The molecule has 0 aliphatic carbocycles. The van der Waals surface area contributed by atoms with E-state index in [0.29, 0.717) is 17.8 Å². The minimum atomic E-state index is -0.910. The molecule has 0 saturated carbocycles. The third kappa shape index (κ3) is 4.29. The summed E-state index contributed by atoms with van der Waals surface area (Å²) < 4.78 is 0. The number of aryl methyl sites for hydroxylation is 1. The molecule has 0 heterocycles. The third-order valence-electron chi connectivity index (χ3n) is 3.73. The summed E-state index contributed by atoms with van der Waals surface area (Å²) in [5, 5.41) is 36.0. The van der Waals surface area contributed by atoms with Crippen LogP contribution in [0.5, 0.6) is 0 Å². The zero-order chi connectivity index (χ0) is 19.3. The van der Waals surface area contributed by atoms with Crippen LogP contribution in [-0.4, -0.2) is 14.8 Å². The van der Waals surface area contributed by atoms with Crippen molar-refractivity contribution in [3.63, 3.8) is 0 Å². The van der Waals surface area contributed by atoms with Gasteiger partial charge in [-0.15, -0.1) is 0 Å². The van der Waals surface area contributed by atoms with Gasteiger partial charge in [-0.1, -0.05) is 25.5 Å². The van der Waals surface area contributed by atoms with Crippen molar-refractivity contribution in [2.45, 2.75) is 26.2 Å². The van der Waals surface area contributed by atoms with Gasteiger partial charge in [0.1, 0.15) is 0 Å². The van der Waals surface area contributed by atoms with Crippen LogP contribution in [0.2, 0.25) is 0 Å². The first-order chi connectivity index (χ1) is 12.3. The fourth-order valence-electron chi connectivity index (χ4n) is 2.40. The first-order valence-electron chi connectivity index (χ1n) is 7.80. The Morgan fingerprint density at radius 2 is 1.42 bits per heavy atom. The number of anilines is 2. The molecule has 0 atom stereocenters. The smallest absolute Gasteiger partial charge is 0.306 e. The van der Waals surface area contributed by atoms with Gasteiger partial charge in [-0.05, 0) is 30.5 Å². The molecule has 2 rings (SSSR count). The number of nitro groups is 3. The summed E-state index contributed by atoms with van der Waals surface area (Å²) in [4.78, 5) is 30.7. The first kappa shape index (κ1) is 18.8. The highest BCUT2D eigenvalue weighted by atomic mass is 16.6. The van der Waals surface area contributed by atoms with Crippen LogP contribution >= 0.6 is 0 Å². The number of hydrogen-bond donors (Lipinski definition) is 1. The third-order valence-corrected chi connectivity index (χ3v) is 3.73. The Bertz CT molecular complexity index is 815. The molecule has 2 aromatic carbocycles. The van der Waals surface area contributed by atoms with Gasteiger partial charge in [-0.25, -0.2) is 0 Å². The molecule has 136 valence electrons. The van der Waals surface area contributed by atoms with Crippen LogP contribution in [0.1, 0.15) is 25.3 Å². The van der Waals surface area contributed by atoms with Crippen LogP contribution in [0.4, 0.5) is 28.4 Å². The Balaban J connectivity index is 2.45. The predicted octanol–water partition coefficient (Wildman–Crippen LogP) is 4.50. The van der Waals surface area contributed by atoms with Crippen molar-refractivity contribution in [2.75, 3.05) is 5.32 Å². The number of nitrogens with zero attached hydrogens (tertiary/aromatic N) is 3. The largest absolute Gasteiger partial charge is 0.344 e. The van der Waals surface area contributed by atoms with Crippen molar-refractivity contribution in [1.29, 1.82) is 0 Å². The van der Waals surface area contributed by atoms with Crippen LogP contribution in [0.15, 0.2) is 36.4 Å². The summed E-state index contributed by atoms with van der Waals surface area (Å²) >= 11 is 0. The fourth-order valence-corrected chi connectivity index (χ4v) is 2.40. The van der Waals surface area contributed by atoms with Crippen LogP contribution < -0.4 is 5.32 Å². The van der Waals surface area contributed by atoms with E-state index >= 15 is 0 Å². The van der Waals surface area contributed by atoms with E-state index in [-0.39, 0.29) is 0 Å². The normalized spacial score (nSPS) is 10.3. The van der Waals surface area contributed by atoms with Crippen molar-refractivity contribution in [3.05, 3.63) is 72.3 Å². The molecule has 0 aliphatic rings. The molecule has 0 aliphatic heterocycles. The Kier molecular flexibility index (Phi) is 5.78. The quantitative estimate of drug-likeness (QED) is 0.539. The van der Waals surface area contributed by atoms with Gasteiger partial charge in [0.15, 0.2) is 5.69 Å². The van der Waals surface area contributed by atoms with Crippen LogP contribution in [0.25, 0.3) is 0 Å². The highest BCUT2D eigenvalue weighted by Crippen LogP contribution is 2.40. The number of hydrogen-bond acceptors (Lipinski definition) is 7. The molecule has 0 bridgehead atoms. The first-order valence-corrected chi connectivity index (χ1v) is 7.80. The van der Waals surface area contributed by atoms with Crippen molar-refractivity contribution < 1.29 is 14.8 Å². The highest BCUT2D eigenvalue weighted by Gasteiger charge is 2.30. The Labute approximate surface area is 147 Å². The molecule has 2 aromatic rings. The summed E-state index contributed by atoms with van der Waals surface area (Å²) in [6, 6.07) is 8.34. The highest BCUT2D eigenvalue weighted by molar-refractivity contribution is 5.81. The van der Waals surface area contributed by atoms with Gasteiger partial charge in [0.2, 0.25) is 0 Å². The van der Waals surface area contributed by atoms with E-state index < -0.39 is 37.5 Å². The second-order valence-corrected chi connectivity index (χ2v) is 5.56. The van der Waals surface area contributed by atoms with E-state index in [1.54, 1.807) is 12.1 Å². The summed E-state index contributed by atoms with van der Waals surface area (Å²) in [5.41, 5.74) is -1.10. The molecule has 0 unspecified atom stereocenters. The van der Waals surface area contributed by atoms with Gasteiger partial charge in [-0.2, -0.15) is 0 Å². The number of unbranched alkanes of at least 4 members (excludes halogenated alkanes) is 1. The van der Waals surface area contributed by atoms with Crippen molar-refractivity contribution in [2.24, 2.45) is 0 Å². The summed E-state index contributed by atoms with van der Waals surface area (Å²) in [5.74, 6) is 0. The van der Waals surface area contributed by atoms with Gasteiger partial charge in [-0.3, -0.25) is 30.3 Å². The minimum absolute atomic E-state index is 0.396. The zero-order valence-electron chi connectivity index (χ0n) is 13.9. The van der Waals surface area contributed by atoms with E-state index in [1.807, 2.05) is 12.1 Å². The van der Waals surface area contributed by atoms with Crippen molar-refractivity contribution in [1.82, 2.24) is 0 Å². The molecule has 0 radical (unpaired) electrons. The Morgan fingerprint density at radius 1 is 0.885 bits per heavy atom. The molecule has 0 aromatic heterocycles. The molecule has 0 amide bonds. The second-order valence-electron chi connectivity index (χ2n) is 5.56. The Morgan fingerprint density at radius 3 is 1.85 bits per heavy atom. The molecule has 10 nitrogen and oxygen atoms in total. The van der Waals surface area contributed by atoms with Crippen LogP contribution in [0.3, 0.4) is 0 Å². The van der Waals surface area contributed by atoms with Gasteiger partial charge in [0.25, 0.3) is 5.69 Å². The predicted molar refractivity (Wildman–Crippen MR) is 94.7 cm³/mol. The number of nitrogens with one attached hydrogen (secondary N) is 1. The number of nitro benzene ring substituents is 3. The maximum atomic E-state index is 11.3. The average molecular weight is 360 g/mol. The van der Waals surface area contributed by atoms with Crippen LogP contribution in [0, 0.1) is 30.3 Å². The maximum Gasteiger partial charge on any atom is 0.306 e. The van der Waals surface area contributed by atoms with E-state index in [0.717, 1.165) is 24.8 Å². The number of rotatable bonds is 8. The molecule has 1 N–H and O–H groups in total. The SMILES string of the molecule is CCCCc1ccc(Nc2c([N+](=O)[O-])cc([N+](=O)[O-])cc2[N+](=O)[O-])cc1. The maximum absolute atomic E-state index is 11.3. The zero-order valence-corrected chi connectivity index (χ0v) is 13.9. The molecular formula is C16H16N4O6.